The fourth-order valence-electron chi connectivity index (χ4n) is 5.60. The molecule has 0 N–H and O–H groups in total. The first-order chi connectivity index (χ1) is 14.1. The second-order valence-corrected chi connectivity index (χ2v) is 9.38. The van der Waals surface area contributed by atoms with Crippen molar-refractivity contribution in [1.82, 2.24) is 19.6 Å². The van der Waals surface area contributed by atoms with Gasteiger partial charge < -0.3 is 9.74 Å². The maximum Gasteiger partial charge on any atom is 0.272 e. The van der Waals surface area contributed by atoms with E-state index in [2.05, 4.69) is 47.4 Å². The molecule has 29 heavy (non-hydrogen) atoms. The number of amides is 1. The summed E-state index contributed by atoms with van der Waals surface area (Å²) in [6.45, 7) is 8.76. The molecule has 5 rings (SSSR count). The van der Waals surface area contributed by atoms with Gasteiger partial charge in [-0.3, -0.25) is 14.4 Å². The largest absolute Gasteiger partial charge is 0.391 e. The van der Waals surface area contributed by atoms with Gasteiger partial charge in [0.05, 0.1) is 12.1 Å². The molecule has 1 spiro atoms. The second-order valence-electron chi connectivity index (χ2n) is 9.38. The summed E-state index contributed by atoms with van der Waals surface area (Å²) in [6, 6.07) is 0.396. The van der Waals surface area contributed by atoms with E-state index in [1.54, 1.807) is 0 Å². The molecule has 7 heteroatoms. The Morgan fingerprint density at radius 2 is 2.00 bits per heavy atom. The number of hydrogen-bond acceptors (Lipinski definition) is 5. The van der Waals surface area contributed by atoms with Crippen LogP contribution in [-0.4, -0.2) is 63.5 Å². The van der Waals surface area contributed by atoms with Crippen molar-refractivity contribution in [1.29, 1.82) is 0 Å². The van der Waals surface area contributed by atoms with Crippen molar-refractivity contribution in [3.05, 3.63) is 30.1 Å². The predicted octanol–water partition coefficient (Wildman–Crippen LogP) is 2.61. The lowest BCUT2D eigenvalue weighted by Gasteiger charge is -2.42. The van der Waals surface area contributed by atoms with Gasteiger partial charge in [0, 0.05) is 37.4 Å². The number of fused-ring (bicyclic) bond motifs is 2. The number of piperidine rings is 1. The number of carbonyl (C=O) groups excluding carboxylic acids is 1. The van der Waals surface area contributed by atoms with E-state index in [-0.39, 0.29) is 23.3 Å². The Bertz CT molecular complexity index is 826. The quantitative estimate of drug-likeness (QED) is 0.733. The van der Waals surface area contributed by atoms with Crippen molar-refractivity contribution >= 4 is 11.6 Å². The molecular weight excluding hydrogens is 366 g/mol. The van der Waals surface area contributed by atoms with Crippen LogP contribution in [0.15, 0.2) is 29.7 Å². The highest BCUT2D eigenvalue weighted by molar-refractivity contribution is 6.40. The molecule has 1 saturated heterocycles. The minimum Gasteiger partial charge on any atom is -0.391 e. The van der Waals surface area contributed by atoms with Gasteiger partial charge >= 0.3 is 0 Å². The first-order valence-corrected chi connectivity index (χ1v) is 11.0. The van der Waals surface area contributed by atoms with E-state index < -0.39 is 0 Å². The molecule has 2 fully saturated rings. The van der Waals surface area contributed by atoms with Crippen LogP contribution in [0.25, 0.3) is 0 Å². The van der Waals surface area contributed by atoms with E-state index in [1.165, 1.54) is 5.56 Å². The van der Waals surface area contributed by atoms with Crippen LogP contribution < -0.4 is 0 Å². The third kappa shape index (κ3) is 3.29. The third-order valence-electron chi connectivity index (χ3n) is 7.31. The summed E-state index contributed by atoms with van der Waals surface area (Å²) >= 11 is 0. The number of rotatable bonds is 4. The van der Waals surface area contributed by atoms with Gasteiger partial charge in [-0.1, -0.05) is 17.3 Å². The van der Waals surface area contributed by atoms with Crippen LogP contribution in [0.5, 0.6) is 0 Å². The van der Waals surface area contributed by atoms with Crippen LogP contribution in [0, 0.1) is 11.3 Å². The van der Waals surface area contributed by atoms with Crippen molar-refractivity contribution in [2.24, 2.45) is 16.5 Å². The molecule has 7 nitrogen and oxygen atoms in total. The van der Waals surface area contributed by atoms with Crippen LogP contribution in [0.2, 0.25) is 0 Å². The van der Waals surface area contributed by atoms with Crippen molar-refractivity contribution in [3.63, 3.8) is 0 Å². The van der Waals surface area contributed by atoms with Crippen molar-refractivity contribution in [3.8, 4) is 0 Å². The summed E-state index contributed by atoms with van der Waals surface area (Å²) < 4.78 is 2.03. The van der Waals surface area contributed by atoms with Gasteiger partial charge in [0.15, 0.2) is 5.71 Å². The minimum absolute atomic E-state index is 0.0762. The Kier molecular flexibility index (Phi) is 4.73. The summed E-state index contributed by atoms with van der Waals surface area (Å²) in [5.74, 6) is 0.244. The van der Waals surface area contributed by atoms with E-state index in [0.717, 1.165) is 45.3 Å². The highest BCUT2D eigenvalue weighted by atomic mass is 16.6. The number of oxime groups is 1. The first kappa shape index (κ1) is 18.9. The predicted molar refractivity (Wildman–Crippen MR) is 110 cm³/mol. The maximum atomic E-state index is 13.0. The van der Waals surface area contributed by atoms with Crippen LogP contribution in [0.3, 0.4) is 0 Å². The molecule has 1 amide bonds. The number of carbonyl (C=O) groups is 1. The zero-order valence-corrected chi connectivity index (χ0v) is 17.5. The smallest absolute Gasteiger partial charge is 0.272 e. The van der Waals surface area contributed by atoms with Gasteiger partial charge in [0.25, 0.3) is 5.91 Å². The molecule has 0 unspecified atom stereocenters. The Hall–Kier alpha value is -2.15. The molecule has 156 valence electrons. The molecule has 1 aromatic rings. The van der Waals surface area contributed by atoms with Crippen LogP contribution in [-0.2, 0) is 16.2 Å². The lowest BCUT2D eigenvalue weighted by molar-refractivity contribution is -0.123. The first-order valence-electron chi connectivity index (χ1n) is 11.0. The molecule has 2 atom stereocenters. The number of nitrogens with zero attached hydrogens (tertiary/aromatic N) is 5. The summed E-state index contributed by atoms with van der Waals surface area (Å²) in [5.41, 5.74) is 2.13. The molecule has 4 aliphatic rings. The summed E-state index contributed by atoms with van der Waals surface area (Å²) in [6.07, 6.45) is 12.7. The third-order valence-corrected chi connectivity index (χ3v) is 7.31. The molecular formula is C22H31N5O2. The Labute approximate surface area is 172 Å². The van der Waals surface area contributed by atoms with Gasteiger partial charge in [-0.05, 0) is 58.0 Å². The Morgan fingerprint density at radius 1 is 1.24 bits per heavy atom. The maximum absolute atomic E-state index is 13.0. The Morgan fingerprint density at radius 3 is 2.69 bits per heavy atom. The molecule has 3 aliphatic heterocycles. The molecule has 0 aromatic carbocycles. The molecule has 1 saturated carbocycles. The average molecular weight is 398 g/mol. The van der Waals surface area contributed by atoms with Crippen LogP contribution >= 0.6 is 0 Å². The average Bonchev–Trinajstić information content (AvgIpc) is 3.50. The summed E-state index contributed by atoms with van der Waals surface area (Å²) in [4.78, 5) is 23.2. The lowest BCUT2D eigenvalue weighted by atomic mass is 9.68. The molecule has 4 heterocycles. The van der Waals surface area contributed by atoms with Crippen LogP contribution in [0.1, 0.15) is 51.1 Å². The van der Waals surface area contributed by atoms with Gasteiger partial charge in [-0.25, -0.2) is 0 Å². The number of likely N-dealkylation sites (tertiary alicyclic amines) is 1. The zero-order chi connectivity index (χ0) is 20.0. The number of hydrogen-bond donors (Lipinski definition) is 0. The molecule has 1 aromatic heterocycles. The minimum atomic E-state index is 0.0762. The van der Waals surface area contributed by atoms with Gasteiger partial charge in [0.2, 0.25) is 0 Å². The fraction of sp³-hybridized carbons (Fsp3) is 0.682. The van der Waals surface area contributed by atoms with E-state index in [4.69, 9.17) is 4.84 Å². The number of aromatic nitrogens is 2. The Balaban J connectivity index is 1.25. The molecule has 0 radical (unpaired) electrons. The fourth-order valence-corrected chi connectivity index (χ4v) is 5.60. The summed E-state index contributed by atoms with van der Waals surface area (Å²) in [5, 5.41) is 8.77. The standard InChI is InChI=1S/C22H31N5O2/c1-16(2)27-15-17(13-23-27)14-25-11-7-22(8-12-25)6-5-18-19(22)20(24-29-18)21(28)26-9-3-4-10-26/h3-4,13,15-16,18-19H,5-12,14H2,1-2H3/t18-,19+/m0/s1. The van der Waals surface area contributed by atoms with Crippen molar-refractivity contribution in [2.45, 2.75) is 58.2 Å². The second kappa shape index (κ2) is 7.27. The SMILES string of the molecule is CC(C)n1cc(CN2CCC3(CC[C@@H]4ON=C(C(=O)N5CC=CC5)[C@@H]43)CC2)cn1. The monoisotopic (exact) mass is 397 g/mol. The van der Waals surface area contributed by atoms with Crippen molar-refractivity contribution < 1.29 is 9.63 Å². The van der Waals surface area contributed by atoms with Crippen molar-refractivity contribution in [2.75, 3.05) is 26.2 Å². The van der Waals surface area contributed by atoms with E-state index in [9.17, 15) is 4.79 Å². The van der Waals surface area contributed by atoms with E-state index >= 15 is 0 Å². The van der Waals surface area contributed by atoms with Gasteiger partial charge in [-0.15, -0.1) is 0 Å². The lowest BCUT2D eigenvalue weighted by Crippen LogP contribution is -2.48. The zero-order valence-electron chi connectivity index (χ0n) is 17.5. The van der Waals surface area contributed by atoms with E-state index in [1.807, 2.05) is 15.8 Å². The highest BCUT2D eigenvalue weighted by Crippen LogP contribution is 2.54. The van der Waals surface area contributed by atoms with Gasteiger partial charge in [-0.2, -0.15) is 5.10 Å². The van der Waals surface area contributed by atoms with Gasteiger partial charge in [0.1, 0.15) is 6.10 Å². The normalized spacial score (nSPS) is 28.2. The topological polar surface area (TPSA) is 63.0 Å². The highest BCUT2D eigenvalue weighted by Gasteiger charge is 2.57. The molecule has 1 aliphatic carbocycles. The van der Waals surface area contributed by atoms with E-state index in [0.29, 0.717) is 24.8 Å². The van der Waals surface area contributed by atoms with Crippen LogP contribution in [0.4, 0.5) is 0 Å². The molecule has 0 bridgehead atoms. The summed E-state index contributed by atoms with van der Waals surface area (Å²) in [7, 11) is 0.